The van der Waals surface area contributed by atoms with Crippen LogP contribution in [-0.4, -0.2) is 36.6 Å². The molecule has 1 rings (SSSR count). The second kappa shape index (κ2) is 8.43. The third-order valence-corrected chi connectivity index (χ3v) is 1.88. The van der Waals surface area contributed by atoms with Gasteiger partial charge in [0, 0.05) is 25.0 Å². The highest BCUT2D eigenvalue weighted by molar-refractivity contribution is 6.33. The molecule has 0 amide bonds. The Kier molecular flexibility index (Phi) is 9.31. The van der Waals surface area contributed by atoms with Gasteiger partial charge in [0.1, 0.15) is 0 Å². The minimum absolute atomic E-state index is 0. The summed E-state index contributed by atoms with van der Waals surface area (Å²) < 4.78 is 29.0. The first kappa shape index (κ1) is 16.6. The van der Waals surface area contributed by atoms with Crippen LogP contribution in [0.2, 0.25) is 0 Å². The summed E-state index contributed by atoms with van der Waals surface area (Å²) in [5.41, 5.74) is 0. The van der Waals surface area contributed by atoms with E-state index in [1.165, 1.54) is 0 Å². The molecule has 0 aromatic heterocycles. The molecule has 1 aliphatic rings. The maximum Gasteiger partial charge on any atom is 0.762 e. The molecule has 0 aromatic carbocycles. The zero-order chi connectivity index (χ0) is 11.1. The van der Waals surface area contributed by atoms with Crippen LogP contribution in [0.15, 0.2) is 12.4 Å². The first-order valence-electron chi connectivity index (χ1n) is 4.57. The Balaban J connectivity index is 0. The molecule has 0 N–H and O–H groups in total. The first-order valence-corrected chi connectivity index (χ1v) is 4.57. The fourth-order valence-corrected chi connectivity index (χ4v) is 1.02. The Hall–Kier alpha value is -0.875. The average molecular weight is 227 g/mol. The Bertz CT molecular complexity index is 175. The van der Waals surface area contributed by atoms with Gasteiger partial charge in [-0.05, 0) is 20.8 Å². The highest BCUT2D eigenvalue weighted by atomic mass is 19.4. The molecular weight excluding hydrogens is 211 g/mol. The van der Waals surface area contributed by atoms with E-state index in [-0.39, 0.29) is 4.70 Å². The van der Waals surface area contributed by atoms with Gasteiger partial charge in [0.2, 0.25) is 0 Å². The third-order valence-electron chi connectivity index (χ3n) is 1.88. The monoisotopic (exact) mass is 227 g/mol. The van der Waals surface area contributed by atoms with Crippen molar-refractivity contribution in [1.82, 2.24) is 9.80 Å². The summed E-state index contributed by atoms with van der Waals surface area (Å²) in [6.07, 6.45) is 4.31. The molecule has 0 saturated carbocycles. The molecule has 0 bridgehead atoms. The van der Waals surface area contributed by atoms with E-state index in [9.17, 15) is 12.9 Å². The van der Waals surface area contributed by atoms with Gasteiger partial charge in [0.15, 0.2) is 0 Å². The summed E-state index contributed by atoms with van der Waals surface area (Å²) >= 11 is 0. The molecule has 0 atom stereocenters. The molecule has 0 saturated heterocycles. The van der Waals surface area contributed by atoms with E-state index in [2.05, 4.69) is 43.0 Å². The molecule has 1 heterocycles. The van der Waals surface area contributed by atoms with Gasteiger partial charge in [-0.3, -0.25) is 12.9 Å². The van der Waals surface area contributed by atoms with Crippen LogP contribution in [0.4, 0.5) is 12.9 Å². The summed E-state index contributed by atoms with van der Waals surface area (Å²) in [6, 6.07) is 0.632. The van der Waals surface area contributed by atoms with E-state index in [0.717, 1.165) is 13.2 Å². The highest BCUT2D eigenvalue weighted by Gasteiger charge is 2.11. The lowest BCUT2D eigenvalue weighted by Crippen LogP contribution is -3.00. The summed E-state index contributed by atoms with van der Waals surface area (Å²) in [7, 11) is -3.67. The Morgan fingerprint density at radius 1 is 1.27 bits per heavy atom. The van der Waals surface area contributed by atoms with Crippen LogP contribution in [0, 0.1) is 0 Å². The predicted octanol–water partition coefficient (Wildman–Crippen LogP) is -0.655. The molecule has 0 fully saturated rings. The molecule has 15 heavy (non-hydrogen) atoms. The summed E-state index contributed by atoms with van der Waals surface area (Å²) in [5, 5.41) is 0. The minimum Gasteiger partial charge on any atom is -1.00 e. The standard InChI is InChI=1S/C8H16N2.BF3.FH/c1-4-9-5-6-10(7-9)8(2)3;2-1(3)4;/h5-6,8H,4,7H2,1-3H3;;1H/p-1. The Morgan fingerprint density at radius 3 is 1.93 bits per heavy atom. The smallest absolute Gasteiger partial charge is 0.762 e. The first-order chi connectivity index (χ1) is 6.47. The van der Waals surface area contributed by atoms with Crippen molar-refractivity contribution in [3.8, 4) is 0 Å². The van der Waals surface area contributed by atoms with Crippen molar-refractivity contribution < 1.29 is 17.7 Å². The summed E-state index contributed by atoms with van der Waals surface area (Å²) in [6.45, 7) is 8.77. The number of hydrogen-bond donors (Lipinski definition) is 0. The van der Waals surface area contributed by atoms with Crippen LogP contribution in [-0.2, 0) is 0 Å². The normalized spacial score (nSPS) is 13.5. The molecule has 7 heteroatoms. The quantitative estimate of drug-likeness (QED) is 0.456. The summed E-state index contributed by atoms with van der Waals surface area (Å²) in [4.78, 5) is 4.61. The second-order valence-electron chi connectivity index (χ2n) is 3.20. The number of hydrogen-bond acceptors (Lipinski definition) is 2. The topological polar surface area (TPSA) is 6.48 Å². The van der Waals surface area contributed by atoms with E-state index in [4.69, 9.17) is 0 Å². The van der Waals surface area contributed by atoms with E-state index in [1.807, 2.05) is 0 Å². The molecule has 0 unspecified atom stereocenters. The van der Waals surface area contributed by atoms with Crippen LogP contribution in [0.3, 0.4) is 0 Å². The van der Waals surface area contributed by atoms with E-state index in [0.29, 0.717) is 6.04 Å². The van der Waals surface area contributed by atoms with Gasteiger partial charge in [0.05, 0.1) is 6.67 Å². The van der Waals surface area contributed by atoms with Gasteiger partial charge in [-0.2, -0.15) is 0 Å². The molecule has 0 radical (unpaired) electrons. The molecular formula is C8H16BF4N2-. The molecule has 0 aliphatic carbocycles. The largest absolute Gasteiger partial charge is 1.00 e. The minimum atomic E-state index is -3.67. The van der Waals surface area contributed by atoms with Crippen LogP contribution in [0.5, 0.6) is 0 Å². The van der Waals surface area contributed by atoms with Gasteiger partial charge >= 0.3 is 7.54 Å². The second-order valence-corrected chi connectivity index (χ2v) is 3.20. The Labute approximate surface area is 88.3 Å². The van der Waals surface area contributed by atoms with Gasteiger partial charge < -0.3 is 14.5 Å². The van der Waals surface area contributed by atoms with E-state index in [1.54, 1.807) is 0 Å². The molecule has 0 aromatic rings. The molecule has 0 spiro atoms. The fraction of sp³-hybridized carbons (Fsp3) is 0.750. The SMILES string of the molecule is CCN1C=CN(C(C)C)C1.FB(F)F.[F-]. The van der Waals surface area contributed by atoms with Gasteiger partial charge in [-0.1, -0.05) is 0 Å². The van der Waals surface area contributed by atoms with Crippen molar-refractivity contribution in [3.63, 3.8) is 0 Å². The van der Waals surface area contributed by atoms with E-state index >= 15 is 0 Å². The predicted molar refractivity (Wildman–Crippen MR) is 52.4 cm³/mol. The molecule has 2 nitrogen and oxygen atoms in total. The van der Waals surface area contributed by atoms with Gasteiger partial charge in [-0.15, -0.1) is 0 Å². The molecule has 1 aliphatic heterocycles. The zero-order valence-electron chi connectivity index (χ0n) is 9.13. The average Bonchev–Trinajstić information content (AvgIpc) is 2.50. The lowest BCUT2D eigenvalue weighted by molar-refractivity contribution is -0.00000610. The lowest BCUT2D eigenvalue weighted by Gasteiger charge is -2.23. The highest BCUT2D eigenvalue weighted by Crippen LogP contribution is 2.08. The van der Waals surface area contributed by atoms with E-state index < -0.39 is 7.54 Å². The van der Waals surface area contributed by atoms with Crippen LogP contribution in [0.1, 0.15) is 20.8 Å². The Morgan fingerprint density at radius 2 is 1.73 bits per heavy atom. The van der Waals surface area contributed by atoms with Crippen molar-refractivity contribution in [2.75, 3.05) is 13.2 Å². The maximum atomic E-state index is 9.67. The maximum absolute atomic E-state index is 9.67. The van der Waals surface area contributed by atoms with Crippen LogP contribution in [0.25, 0.3) is 0 Å². The van der Waals surface area contributed by atoms with Crippen molar-refractivity contribution in [2.45, 2.75) is 26.8 Å². The molecule has 90 valence electrons. The lowest BCUT2D eigenvalue weighted by atomic mass is 10.4. The van der Waals surface area contributed by atoms with Gasteiger partial charge in [0.25, 0.3) is 0 Å². The summed E-state index contributed by atoms with van der Waals surface area (Å²) in [5.74, 6) is 0. The van der Waals surface area contributed by atoms with Crippen molar-refractivity contribution in [2.24, 2.45) is 0 Å². The van der Waals surface area contributed by atoms with Crippen LogP contribution < -0.4 is 4.70 Å². The fourth-order valence-electron chi connectivity index (χ4n) is 1.02. The third kappa shape index (κ3) is 8.14. The van der Waals surface area contributed by atoms with Crippen molar-refractivity contribution in [1.29, 1.82) is 0 Å². The number of rotatable bonds is 2. The number of halogens is 4. The number of nitrogens with zero attached hydrogens (tertiary/aromatic N) is 2. The zero-order valence-corrected chi connectivity index (χ0v) is 9.13. The van der Waals surface area contributed by atoms with Crippen molar-refractivity contribution >= 4 is 7.54 Å². The van der Waals surface area contributed by atoms with Crippen LogP contribution >= 0.6 is 0 Å². The van der Waals surface area contributed by atoms with Crippen molar-refractivity contribution in [3.05, 3.63) is 12.4 Å². The van der Waals surface area contributed by atoms with Gasteiger partial charge in [-0.25, -0.2) is 0 Å².